The summed E-state index contributed by atoms with van der Waals surface area (Å²) in [6.45, 7) is -0.702. The smallest absolute Gasteiger partial charge is 0.337 e. The van der Waals surface area contributed by atoms with Gasteiger partial charge in [-0.25, -0.2) is 4.79 Å². The van der Waals surface area contributed by atoms with Crippen LogP contribution in [0.5, 0.6) is 5.75 Å². The van der Waals surface area contributed by atoms with E-state index in [2.05, 4.69) is 4.74 Å². The van der Waals surface area contributed by atoms with Gasteiger partial charge in [-0.2, -0.15) is 0 Å². The van der Waals surface area contributed by atoms with E-state index in [4.69, 9.17) is 9.84 Å². The second-order valence-corrected chi connectivity index (χ2v) is 2.99. The molecule has 1 aromatic rings. The van der Waals surface area contributed by atoms with Crippen molar-refractivity contribution >= 4 is 11.9 Å². The number of aliphatic hydroxyl groups is 1. The predicted molar refractivity (Wildman–Crippen MR) is 54.9 cm³/mol. The number of rotatable bonds is 4. The zero-order chi connectivity index (χ0) is 12.0. The molecular formula is C11H12O5. The van der Waals surface area contributed by atoms with Crippen molar-refractivity contribution in [2.45, 2.75) is 6.42 Å². The summed E-state index contributed by atoms with van der Waals surface area (Å²) < 4.78 is 9.35. The minimum absolute atomic E-state index is 0.0192. The molecule has 0 unspecified atom stereocenters. The average molecular weight is 224 g/mol. The highest BCUT2D eigenvalue weighted by atomic mass is 16.5. The molecule has 0 radical (unpaired) electrons. The number of ether oxygens (including phenoxy) is 2. The first-order valence-electron chi connectivity index (χ1n) is 4.63. The van der Waals surface area contributed by atoms with Crippen LogP contribution in [0.1, 0.15) is 5.56 Å². The normalized spacial score (nSPS) is 9.62. The fourth-order valence-electron chi connectivity index (χ4n) is 1.13. The summed E-state index contributed by atoms with van der Waals surface area (Å²) in [4.78, 5) is 22.0. The Morgan fingerprint density at radius 1 is 1.25 bits per heavy atom. The summed E-state index contributed by atoms with van der Waals surface area (Å²) >= 11 is 0. The Hall–Kier alpha value is -1.88. The molecule has 16 heavy (non-hydrogen) atoms. The van der Waals surface area contributed by atoms with E-state index in [-0.39, 0.29) is 12.2 Å². The Kier molecular flexibility index (Phi) is 4.47. The van der Waals surface area contributed by atoms with Gasteiger partial charge in [0.05, 0.1) is 13.5 Å². The third-order valence-corrected chi connectivity index (χ3v) is 1.89. The van der Waals surface area contributed by atoms with Crippen LogP contribution in [0.25, 0.3) is 0 Å². The van der Waals surface area contributed by atoms with Crippen molar-refractivity contribution in [1.29, 1.82) is 0 Å². The van der Waals surface area contributed by atoms with Crippen molar-refractivity contribution in [3.8, 4) is 5.75 Å². The SMILES string of the molecule is COC(=O)Cc1ccccc1OC(=O)CO. The van der Waals surface area contributed by atoms with Crippen LogP contribution >= 0.6 is 0 Å². The molecule has 86 valence electrons. The van der Waals surface area contributed by atoms with Crippen LogP contribution in [0, 0.1) is 0 Å². The summed E-state index contributed by atoms with van der Waals surface area (Å²) in [6, 6.07) is 6.58. The van der Waals surface area contributed by atoms with Gasteiger partial charge in [0.15, 0.2) is 0 Å². The molecule has 0 spiro atoms. The lowest BCUT2D eigenvalue weighted by Crippen LogP contribution is -2.14. The van der Waals surface area contributed by atoms with Crippen LogP contribution in [0.4, 0.5) is 0 Å². The van der Waals surface area contributed by atoms with E-state index in [0.717, 1.165) is 0 Å². The molecule has 0 amide bonds. The molecule has 0 aliphatic rings. The highest BCUT2D eigenvalue weighted by molar-refractivity contribution is 5.76. The fraction of sp³-hybridized carbons (Fsp3) is 0.273. The first kappa shape index (κ1) is 12.2. The van der Waals surface area contributed by atoms with E-state index >= 15 is 0 Å². The first-order chi connectivity index (χ1) is 7.67. The Morgan fingerprint density at radius 3 is 2.56 bits per heavy atom. The molecule has 0 fully saturated rings. The topological polar surface area (TPSA) is 72.8 Å². The van der Waals surface area contributed by atoms with Crippen LogP contribution < -0.4 is 4.74 Å². The van der Waals surface area contributed by atoms with Gasteiger partial charge >= 0.3 is 11.9 Å². The van der Waals surface area contributed by atoms with Crippen LogP contribution in [0.2, 0.25) is 0 Å². The molecule has 0 saturated heterocycles. The van der Waals surface area contributed by atoms with E-state index in [1.807, 2.05) is 0 Å². The standard InChI is InChI=1S/C11H12O5/c1-15-10(13)6-8-4-2-3-5-9(8)16-11(14)7-12/h2-5,12H,6-7H2,1H3. The number of aliphatic hydroxyl groups excluding tert-OH is 1. The van der Waals surface area contributed by atoms with Crippen molar-refractivity contribution in [2.24, 2.45) is 0 Å². The fourth-order valence-corrected chi connectivity index (χ4v) is 1.13. The maximum Gasteiger partial charge on any atom is 0.337 e. The Balaban J connectivity index is 2.83. The van der Waals surface area contributed by atoms with Crippen LogP contribution in [-0.2, 0) is 20.7 Å². The summed E-state index contributed by atoms with van der Waals surface area (Å²) in [5, 5.41) is 8.55. The number of carbonyl (C=O) groups is 2. The number of carbonyl (C=O) groups excluding carboxylic acids is 2. The maximum atomic E-state index is 11.1. The van der Waals surface area contributed by atoms with Crippen LogP contribution in [-0.4, -0.2) is 30.8 Å². The summed E-state index contributed by atoms with van der Waals surface area (Å²) in [7, 11) is 1.28. The molecule has 1 rings (SSSR count). The van der Waals surface area contributed by atoms with Crippen molar-refractivity contribution < 1.29 is 24.2 Å². The Bertz CT molecular complexity index is 349. The van der Waals surface area contributed by atoms with E-state index in [1.54, 1.807) is 24.3 Å². The van der Waals surface area contributed by atoms with Crippen LogP contribution in [0.15, 0.2) is 24.3 Å². The second-order valence-electron chi connectivity index (χ2n) is 2.99. The summed E-state index contributed by atoms with van der Waals surface area (Å²) in [6.07, 6.45) is 0.0192. The number of hydrogen-bond acceptors (Lipinski definition) is 5. The molecule has 0 aliphatic heterocycles. The van der Waals surface area contributed by atoms with E-state index < -0.39 is 18.5 Å². The lowest BCUT2D eigenvalue weighted by molar-refractivity contribution is -0.140. The molecule has 1 N–H and O–H groups in total. The molecular weight excluding hydrogens is 212 g/mol. The third kappa shape index (κ3) is 3.36. The molecule has 1 aromatic carbocycles. The van der Waals surface area contributed by atoms with E-state index in [9.17, 15) is 9.59 Å². The minimum atomic E-state index is -0.766. The number of methoxy groups -OCH3 is 1. The second kappa shape index (κ2) is 5.87. The number of para-hydroxylation sites is 1. The Labute approximate surface area is 92.6 Å². The molecule has 0 bridgehead atoms. The number of benzene rings is 1. The predicted octanol–water partition coefficient (Wildman–Crippen LogP) is 0.300. The van der Waals surface area contributed by atoms with Crippen LogP contribution in [0.3, 0.4) is 0 Å². The van der Waals surface area contributed by atoms with Gasteiger partial charge in [0.1, 0.15) is 12.4 Å². The van der Waals surface area contributed by atoms with Gasteiger partial charge in [0.25, 0.3) is 0 Å². The maximum absolute atomic E-state index is 11.1. The van der Waals surface area contributed by atoms with Gasteiger partial charge in [0.2, 0.25) is 0 Å². The molecule has 0 atom stereocenters. The summed E-state index contributed by atoms with van der Waals surface area (Å²) in [5.74, 6) is -0.934. The molecule has 0 aromatic heterocycles. The molecule has 0 aliphatic carbocycles. The largest absolute Gasteiger partial charge is 0.469 e. The summed E-state index contributed by atoms with van der Waals surface area (Å²) in [5.41, 5.74) is 0.538. The van der Waals surface area contributed by atoms with Crippen molar-refractivity contribution in [2.75, 3.05) is 13.7 Å². The molecule has 0 saturated carbocycles. The van der Waals surface area contributed by atoms with Crippen molar-refractivity contribution in [3.05, 3.63) is 29.8 Å². The van der Waals surface area contributed by atoms with Gasteiger partial charge in [0, 0.05) is 5.56 Å². The van der Waals surface area contributed by atoms with E-state index in [0.29, 0.717) is 5.56 Å². The van der Waals surface area contributed by atoms with Gasteiger partial charge in [-0.05, 0) is 6.07 Å². The quantitative estimate of drug-likeness (QED) is 0.588. The molecule has 0 heterocycles. The Morgan fingerprint density at radius 2 is 1.94 bits per heavy atom. The van der Waals surface area contributed by atoms with Gasteiger partial charge in [-0.1, -0.05) is 18.2 Å². The zero-order valence-electron chi connectivity index (χ0n) is 8.80. The molecule has 5 nitrogen and oxygen atoms in total. The van der Waals surface area contributed by atoms with Gasteiger partial charge in [-0.3, -0.25) is 4.79 Å². The van der Waals surface area contributed by atoms with Gasteiger partial charge < -0.3 is 14.6 Å². The number of hydrogen-bond donors (Lipinski definition) is 1. The third-order valence-electron chi connectivity index (χ3n) is 1.89. The highest BCUT2D eigenvalue weighted by Crippen LogP contribution is 2.18. The average Bonchev–Trinajstić information content (AvgIpc) is 2.31. The van der Waals surface area contributed by atoms with Crippen molar-refractivity contribution in [3.63, 3.8) is 0 Å². The van der Waals surface area contributed by atoms with Crippen molar-refractivity contribution in [1.82, 2.24) is 0 Å². The zero-order valence-corrected chi connectivity index (χ0v) is 8.80. The highest BCUT2D eigenvalue weighted by Gasteiger charge is 2.11. The van der Waals surface area contributed by atoms with Gasteiger partial charge in [-0.15, -0.1) is 0 Å². The molecule has 5 heteroatoms. The lowest BCUT2D eigenvalue weighted by Gasteiger charge is -2.07. The first-order valence-corrected chi connectivity index (χ1v) is 4.63. The minimum Gasteiger partial charge on any atom is -0.469 e. The lowest BCUT2D eigenvalue weighted by atomic mass is 10.1. The monoisotopic (exact) mass is 224 g/mol. The number of esters is 2. The van der Waals surface area contributed by atoms with E-state index in [1.165, 1.54) is 7.11 Å².